The molecule has 19 heavy (non-hydrogen) atoms. The Morgan fingerprint density at radius 1 is 1.53 bits per heavy atom. The van der Waals surface area contributed by atoms with E-state index >= 15 is 0 Å². The van der Waals surface area contributed by atoms with E-state index in [0.29, 0.717) is 10.7 Å². The van der Waals surface area contributed by atoms with Gasteiger partial charge in [0.15, 0.2) is 5.16 Å². The molecule has 1 aliphatic carbocycles. The van der Waals surface area contributed by atoms with Gasteiger partial charge in [-0.3, -0.25) is 0 Å². The van der Waals surface area contributed by atoms with Gasteiger partial charge in [0.2, 0.25) is 0 Å². The number of nitrogens with one attached hydrogen (secondary N) is 1. The van der Waals surface area contributed by atoms with E-state index in [9.17, 15) is 5.26 Å². The van der Waals surface area contributed by atoms with Crippen molar-refractivity contribution in [3.63, 3.8) is 0 Å². The normalized spacial score (nSPS) is 28.0. The van der Waals surface area contributed by atoms with Crippen molar-refractivity contribution in [1.82, 2.24) is 9.97 Å². The standard InChI is InChI=1S/C15H23N3S/c1-4-15(2,3)12-6-5-11(10-16)13(9-12)19-14-17-7-8-18-14/h7-8,11-13H,4-6,9H2,1-3H3,(H,17,18). The highest BCUT2D eigenvalue weighted by Gasteiger charge is 2.38. The molecule has 1 aromatic rings. The molecule has 0 aromatic carbocycles. The Morgan fingerprint density at radius 3 is 2.89 bits per heavy atom. The van der Waals surface area contributed by atoms with Crippen LogP contribution in [0.2, 0.25) is 0 Å². The van der Waals surface area contributed by atoms with Crippen LogP contribution in [-0.4, -0.2) is 15.2 Å². The van der Waals surface area contributed by atoms with Crippen LogP contribution >= 0.6 is 11.8 Å². The summed E-state index contributed by atoms with van der Waals surface area (Å²) >= 11 is 1.75. The van der Waals surface area contributed by atoms with Gasteiger partial charge < -0.3 is 4.98 Å². The van der Waals surface area contributed by atoms with E-state index in [1.165, 1.54) is 12.8 Å². The number of hydrogen-bond acceptors (Lipinski definition) is 3. The highest BCUT2D eigenvalue weighted by atomic mass is 32.2. The summed E-state index contributed by atoms with van der Waals surface area (Å²) in [6.45, 7) is 6.99. The second kappa shape index (κ2) is 6.00. The quantitative estimate of drug-likeness (QED) is 0.895. The summed E-state index contributed by atoms with van der Waals surface area (Å²) in [5.74, 6) is 0.883. The smallest absolute Gasteiger partial charge is 0.165 e. The molecule has 0 bridgehead atoms. The van der Waals surface area contributed by atoms with Crippen molar-refractivity contribution in [3.8, 4) is 6.07 Å². The van der Waals surface area contributed by atoms with E-state index in [-0.39, 0.29) is 5.92 Å². The number of hydrogen-bond donors (Lipinski definition) is 1. The second-order valence-corrected chi connectivity index (χ2v) is 7.37. The topological polar surface area (TPSA) is 52.5 Å². The summed E-state index contributed by atoms with van der Waals surface area (Å²) in [5, 5.41) is 10.7. The summed E-state index contributed by atoms with van der Waals surface area (Å²) in [6, 6.07) is 2.49. The fraction of sp³-hybridized carbons (Fsp3) is 0.733. The molecule has 1 aromatic heterocycles. The summed E-state index contributed by atoms with van der Waals surface area (Å²) < 4.78 is 0. The SMILES string of the molecule is CCC(C)(C)C1CCC(C#N)C(Sc2ncc[nH]2)C1. The van der Waals surface area contributed by atoms with Gasteiger partial charge in [-0.1, -0.05) is 39.0 Å². The van der Waals surface area contributed by atoms with Gasteiger partial charge in [0.05, 0.1) is 12.0 Å². The van der Waals surface area contributed by atoms with Crippen molar-refractivity contribution in [2.45, 2.75) is 56.9 Å². The first-order valence-corrected chi connectivity index (χ1v) is 8.00. The first-order chi connectivity index (χ1) is 9.06. The lowest BCUT2D eigenvalue weighted by molar-refractivity contribution is 0.144. The third kappa shape index (κ3) is 3.33. The lowest BCUT2D eigenvalue weighted by atomic mass is 9.67. The fourth-order valence-corrected chi connectivity index (χ4v) is 4.10. The molecule has 0 spiro atoms. The maximum absolute atomic E-state index is 9.34. The maximum atomic E-state index is 9.34. The number of nitrogens with zero attached hydrogens (tertiary/aromatic N) is 2. The number of nitriles is 1. The third-order valence-corrected chi connectivity index (χ3v) is 5.98. The molecule has 0 saturated heterocycles. The van der Waals surface area contributed by atoms with E-state index in [4.69, 9.17) is 0 Å². The number of aromatic amines is 1. The Hall–Kier alpha value is -0.950. The van der Waals surface area contributed by atoms with Crippen LogP contribution in [0.15, 0.2) is 17.6 Å². The van der Waals surface area contributed by atoms with Crippen LogP contribution in [0.4, 0.5) is 0 Å². The molecule has 1 N–H and O–H groups in total. The van der Waals surface area contributed by atoms with Gasteiger partial charge in [-0.25, -0.2) is 4.98 Å². The van der Waals surface area contributed by atoms with E-state index < -0.39 is 0 Å². The van der Waals surface area contributed by atoms with Gasteiger partial charge >= 0.3 is 0 Å². The van der Waals surface area contributed by atoms with Crippen LogP contribution in [0.25, 0.3) is 0 Å². The monoisotopic (exact) mass is 277 g/mol. The number of imidazole rings is 1. The number of rotatable bonds is 4. The Balaban J connectivity index is 2.07. The maximum Gasteiger partial charge on any atom is 0.165 e. The molecule has 0 radical (unpaired) electrons. The zero-order chi connectivity index (χ0) is 13.9. The zero-order valence-electron chi connectivity index (χ0n) is 12.0. The molecule has 0 aliphatic heterocycles. The molecule has 3 atom stereocenters. The summed E-state index contributed by atoms with van der Waals surface area (Å²) in [7, 11) is 0. The molecular weight excluding hydrogens is 254 g/mol. The largest absolute Gasteiger partial charge is 0.340 e. The van der Waals surface area contributed by atoms with Gasteiger partial charge in [-0.05, 0) is 30.6 Å². The van der Waals surface area contributed by atoms with E-state index in [0.717, 1.165) is 23.9 Å². The van der Waals surface area contributed by atoms with Gasteiger partial charge in [-0.2, -0.15) is 5.26 Å². The molecule has 104 valence electrons. The van der Waals surface area contributed by atoms with Crippen LogP contribution in [0.3, 0.4) is 0 Å². The van der Waals surface area contributed by atoms with Crippen molar-refractivity contribution < 1.29 is 0 Å². The average molecular weight is 277 g/mol. The minimum Gasteiger partial charge on any atom is -0.340 e. The predicted octanol–water partition coefficient (Wildman–Crippen LogP) is 4.25. The third-order valence-electron chi connectivity index (χ3n) is 4.71. The summed E-state index contributed by atoms with van der Waals surface area (Å²) in [5.41, 5.74) is 0.377. The molecule has 1 saturated carbocycles. The molecular formula is C15H23N3S. The molecule has 0 amide bonds. The summed E-state index contributed by atoms with van der Waals surface area (Å²) in [6.07, 6.45) is 8.18. The minimum absolute atomic E-state index is 0.166. The number of aromatic nitrogens is 2. The minimum atomic E-state index is 0.166. The average Bonchev–Trinajstić information content (AvgIpc) is 2.91. The highest BCUT2D eigenvalue weighted by molar-refractivity contribution is 7.99. The van der Waals surface area contributed by atoms with Crippen LogP contribution in [0.1, 0.15) is 46.5 Å². The van der Waals surface area contributed by atoms with Gasteiger partial charge in [0.1, 0.15) is 0 Å². The van der Waals surface area contributed by atoms with Crippen LogP contribution in [0, 0.1) is 28.6 Å². The molecule has 1 aliphatic rings. The van der Waals surface area contributed by atoms with E-state index in [1.54, 1.807) is 18.0 Å². The Kier molecular flexibility index (Phi) is 4.57. The number of thioether (sulfide) groups is 1. The molecule has 3 nitrogen and oxygen atoms in total. The van der Waals surface area contributed by atoms with Crippen molar-refractivity contribution in [1.29, 1.82) is 5.26 Å². The van der Waals surface area contributed by atoms with Crippen molar-refractivity contribution in [2.75, 3.05) is 0 Å². The highest BCUT2D eigenvalue weighted by Crippen LogP contribution is 2.46. The first-order valence-electron chi connectivity index (χ1n) is 7.12. The Labute approximate surface area is 120 Å². The van der Waals surface area contributed by atoms with Crippen LogP contribution in [-0.2, 0) is 0 Å². The summed E-state index contributed by atoms with van der Waals surface area (Å²) in [4.78, 5) is 7.42. The van der Waals surface area contributed by atoms with Crippen molar-refractivity contribution in [3.05, 3.63) is 12.4 Å². The first kappa shape index (κ1) is 14.5. The van der Waals surface area contributed by atoms with Gasteiger partial charge in [-0.15, -0.1) is 0 Å². The second-order valence-electron chi connectivity index (χ2n) is 6.14. The molecule has 4 heteroatoms. The number of H-pyrrole nitrogens is 1. The van der Waals surface area contributed by atoms with Crippen LogP contribution in [0.5, 0.6) is 0 Å². The fourth-order valence-electron chi connectivity index (χ4n) is 2.86. The predicted molar refractivity (Wildman–Crippen MR) is 78.7 cm³/mol. The van der Waals surface area contributed by atoms with Crippen molar-refractivity contribution >= 4 is 11.8 Å². The lowest BCUT2D eigenvalue weighted by Crippen LogP contribution is -2.34. The molecule has 2 rings (SSSR count). The molecule has 1 heterocycles. The van der Waals surface area contributed by atoms with E-state index in [2.05, 4.69) is 36.8 Å². The Bertz CT molecular complexity index is 433. The Morgan fingerprint density at radius 2 is 2.32 bits per heavy atom. The van der Waals surface area contributed by atoms with Gasteiger partial charge in [0, 0.05) is 17.6 Å². The van der Waals surface area contributed by atoms with Crippen molar-refractivity contribution in [2.24, 2.45) is 17.3 Å². The lowest BCUT2D eigenvalue weighted by Gasteiger charge is -2.40. The van der Waals surface area contributed by atoms with Crippen LogP contribution < -0.4 is 0 Å². The van der Waals surface area contributed by atoms with Gasteiger partial charge in [0.25, 0.3) is 0 Å². The zero-order valence-corrected chi connectivity index (χ0v) is 12.8. The molecule has 1 fully saturated rings. The molecule has 3 unspecified atom stereocenters. The van der Waals surface area contributed by atoms with E-state index in [1.807, 2.05) is 6.20 Å².